The molecule has 2 rings (SSSR count). The molecule has 0 bridgehead atoms. The molecular weight excluding hydrogens is 204 g/mol. The molecule has 0 unspecified atom stereocenters. The first kappa shape index (κ1) is 10.2. The van der Waals surface area contributed by atoms with Gasteiger partial charge in [0.25, 0.3) is 0 Å². The zero-order valence-corrected chi connectivity index (χ0v) is 9.29. The van der Waals surface area contributed by atoms with Crippen LogP contribution in [0.25, 0.3) is 11.1 Å². The molecule has 1 aromatic carbocycles. The normalized spacial score (nSPS) is 10.3. The second-order valence-corrected chi connectivity index (χ2v) is 4.04. The number of nitrogens with two attached hydrogens (primary N) is 1. The van der Waals surface area contributed by atoms with Crippen molar-refractivity contribution < 1.29 is 0 Å². The molecule has 3 heteroatoms. The van der Waals surface area contributed by atoms with Gasteiger partial charge >= 0.3 is 0 Å². The quantitative estimate of drug-likeness (QED) is 0.784. The zero-order valence-electron chi connectivity index (χ0n) is 8.47. The minimum Gasteiger partial charge on any atom is -0.274 e. The largest absolute Gasteiger partial charge is 0.274 e. The maximum atomic E-state index is 5.54. The Bertz CT molecular complexity index is 469. The van der Waals surface area contributed by atoms with Gasteiger partial charge in [0.2, 0.25) is 0 Å². The molecule has 0 spiro atoms. The number of benzene rings is 1. The van der Waals surface area contributed by atoms with Gasteiger partial charge in [-0.25, -0.2) is 0 Å². The van der Waals surface area contributed by atoms with Crippen molar-refractivity contribution in [3.63, 3.8) is 0 Å². The average Bonchev–Trinajstić information content (AvgIpc) is 2.30. The van der Waals surface area contributed by atoms with Gasteiger partial charge in [-0.05, 0) is 48.2 Å². The Hall–Kier alpha value is -1.32. The SMILES string of the molecule is Cc1ccncc1-c1cccc(SN)c1. The topological polar surface area (TPSA) is 38.9 Å². The first-order chi connectivity index (χ1) is 7.31. The maximum Gasteiger partial charge on any atom is 0.0349 e. The summed E-state index contributed by atoms with van der Waals surface area (Å²) in [5.74, 6) is 0. The van der Waals surface area contributed by atoms with E-state index in [1.54, 1.807) is 6.20 Å². The molecule has 1 heterocycles. The fraction of sp³-hybridized carbons (Fsp3) is 0.0833. The van der Waals surface area contributed by atoms with E-state index >= 15 is 0 Å². The maximum absolute atomic E-state index is 5.54. The Balaban J connectivity index is 2.49. The highest BCUT2D eigenvalue weighted by Crippen LogP contribution is 2.25. The number of hydrogen-bond acceptors (Lipinski definition) is 3. The van der Waals surface area contributed by atoms with Crippen molar-refractivity contribution >= 4 is 11.9 Å². The summed E-state index contributed by atoms with van der Waals surface area (Å²) >= 11 is 1.26. The number of hydrogen-bond donors (Lipinski definition) is 1. The van der Waals surface area contributed by atoms with E-state index in [0.717, 1.165) is 16.0 Å². The van der Waals surface area contributed by atoms with E-state index in [1.807, 2.05) is 24.4 Å². The van der Waals surface area contributed by atoms with E-state index < -0.39 is 0 Å². The lowest BCUT2D eigenvalue weighted by Gasteiger charge is -2.05. The molecule has 15 heavy (non-hydrogen) atoms. The highest BCUT2D eigenvalue weighted by molar-refractivity contribution is 7.97. The highest BCUT2D eigenvalue weighted by Gasteiger charge is 2.01. The van der Waals surface area contributed by atoms with Crippen LogP contribution in [0.2, 0.25) is 0 Å². The molecule has 0 fully saturated rings. The van der Waals surface area contributed by atoms with E-state index in [-0.39, 0.29) is 0 Å². The first-order valence-corrected chi connectivity index (χ1v) is 5.57. The molecule has 0 aliphatic rings. The molecule has 0 atom stereocenters. The van der Waals surface area contributed by atoms with Crippen molar-refractivity contribution in [3.8, 4) is 11.1 Å². The van der Waals surface area contributed by atoms with Gasteiger partial charge in [0, 0.05) is 22.9 Å². The Kier molecular flexibility index (Phi) is 3.04. The molecule has 0 aliphatic heterocycles. The third-order valence-electron chi connectivity index (χ3n) is 2.32. The van der Waals surface area contributed by atoms with E-state index in [2.05, 4.69) is 24.0 Å². The van der Waals surface area contributed by atoms with Crippen LogP contribution in [0.5, 0.6) is 0 Å². The van der Waals surface area contributed by atoms with Gasteiger partial charge in [0.05, 0.1) is 0 Å². The molecular formula is C12H12N2S. The Morgan fingerprint density at radius 3 is 2.87 bits per heavy atom. The number of pyridine rings is 1. The third-order valence-corrected chi connectivity index (χ3v) is 2.85. The summed E-state index contributed by atoms with van der Waals surface area (Å²) in [5.41, 5.74) is 3.55. The van der Waals surface area contributed by atoms with Gasteiger partial charge < -0.3 is 0 Å². The number of aromatic nitrogens is 1. The lowest BCUT2D eigenvalue weighted by molar-refractivity contribution is 1.28. The first-order valence-electron chi connectivity index (χ1n) is 4.69. The third kappa shape index (κ3) is 2.19. The molecule has 0 radical (unpaired) electrons. The van der Waals surface area contributed by atoms with Gasteiger partial charge in [-0.2, -0.15) is 0 Å². The highest BCUT2D eigenvalue weighted by atomic mass is 32.2. The molecule has 0 aliphatic carbocycles. The summed E-state index contributed by atoms with van der Waals surface area (Å²) in [7, 11) is 0. The zero-order chi connectivity index (χ0) is 10.7. The summed E-state index contributed by atoms with van der Waals surface area (Å²) < 4.78 is 0. The van der Waals surface area contributed by atoms with Crippen molar-refractivity contribution in [2.45, 2.75) is 11.8 Å². The van der Waals surface area contributed by atoms with Gasteiger partial charge in [0.1, 0.15) is 0 Å². The van der Waals surface area contributed by atoms with Crippen molar-refractivity contribution in [2.24, 2.45) is 5.14 Å². The van der Waals surface area contributed by atoms with Gasteiger partial charge in [-0.3, -0.25) is 10.1 Å². The smallest absolute Gasteiger partial charge is 0.0349 e. The minimum atomic E-state index is 1.07. The average molecular weight is 216 g/mol. The summed E-state index contributed by atoms with van der Waals surface area (Å²) in [6.07, 6.45) is 3.69. The summed E-state index contributed by atoms with van der Waals surface area (Å²) in [5, 5.41) is 5.54. The van der Waals surface area contributed by atoms with Crippen LogP contribution in [0, 0.1) is 6.92 Å². The fourth-order valence-electron chi connectivity index (χ4n) is 1.50. The van der Waals surface area contributed by atoms with Crippen LogP contribution < -0.4 is 5.14 Å². The molecule has 2 nitrogen and oxygen atoms in total. The van der Waals surface area contributed by atoms with Crippen molar-refractivity contribution in [2.75, 3.05) is 0 Å². The van der Waals surface area contributed by atoms with Gasteiger partial charge in [0.15, 0.2) is 0 Å². The van der Waals surface area contributed by atoms with Crippen molar-refractivity contribution in [1.29, 1.82) is 0 Å². The lowest BCUT2D eigenvalue weighted by Crippen LogP contribution is -1.86. The second kappa shape index (κ2) is 4.47. The van der Waals surface area contributed by atoms with Crippen LogP contribution >= 0.6 is 11.9 Å². The van der Waals surface area contributed by atoms with Crippen LogP contribution in [0.1, 0.15) is 5.56 Å². The van der Waals surface area contributed by atoms with Gasteiger partial charge in [-0.15, -0.1) is 0 Å². The summed E-state index contributed by atoms with van der Waals surface area (Å²) in [6.45, 7) is 2.08. The Morgan fingerprint density at radius 1 is 1.27 bits per heavy atom. The molecule has 2 aromatic rings. The predicted octanol–water partition coefficient (Wildman–Crippen LogP) is 3.02. The van der Waals surface area contributed by atoms with E-state index in [0.29, 0.717) is 0 Å². The Morgan fingerprint density at radius 2 is 2.13 bits per heavy atom. The van der Waals surface area contributed by atoms with Crippen molar-refractivity contribution in [3.05, 3.63) is 48.3 Å². The summed E-state index contributed by atoms with van der Waals surface area (Å²) in [4.78, 5) is 5.20. The number of aryl methyl sites for hydroxylation is 1. The van der Waals surface area contributed by atoms with Crippen LogP contribution in [-0.4, -0.2) is 4.98 Å². The van der Waals surface area contributed by atoms with Crippen LogP contribution in [-0.2, 0) is 0 Å². The minimum absolute atomic E-state index is 1.07. The molecule has 0 amide bonds. The fourth-order valence-corrected chi connectivity index (χ4v) is 1.86. The number of nitrogens with zero attached hydrogens (tertiary/aromatic N) is 1. The lowest BCUT2D eigenvalue weighted by atomic mass is 10.0. The molecule has 76 valence electrons. The predicted molar refractivity (Wildman–Crippen MR) is 64.5 cm³/mol. The molecule has 2 N–H and O–H groups in total. The molecule has 1 aromatic heterocycles. The van der Waals surface area contributed by atoms with E-state index in [4.69, 9.17) is 5.14 Å². The molecule has 0 saturated carbocycles. The van der Waals surface area contributed by atoms with Crippen LogP contribution in [0.3, 0.4) is 0 Å². The number of rotatable bonds is 2. The second-order valence-electron chi connectivity index (χ2n) is 3.34. The Labute approximate surface area is 93.7 Å². The van der Waals surface area contributed by atoms with E-state index in [1.165, 1.54) is 17.5 Å². The van der Waals surface area contributed by atoms with Crippen molar-refractivity contribution in [1.82, 2.24) is 4.98 Å². The monoisotopic (exact) mass is 216 g/mol. The summed E-state index contributed by atoms with van der Waals surface area (Å²) in [6, 6.07) is 10.2. The van der Waals surface area contributed by atoms with Crippen LogP contribution in [0.4, 0.5) is 0 Å². The van der Waals surface area contributed by atoms with E-state index in [9.17, 15) is 0 Å². The standard InChI is InChI=1S/C12H12N2S/c1-9-5-6-14-8-12(9)10-3-2-4-11(7-10)15-13/h2-8H,13H2,1H3. The van der Waals surface area contributed by atoms with Crippen LogP contribution in [0.15, 0.2) is 47.6 Å². The molecule has 0 saturated heterocycles. The van der Waals surface area contributed by atoms with Gasteiger partial charge in [-0.1, -0.05) is 12.1 Å².